The van der Waals surface area contributed by atoms with Gasteiger partial charge in [0.05, 0.1) is 19.4 Å². The van der Waals surface area contributed by atoms with Gasteiger partial charge in [0.2, 0.25) is 11.8 Å². The number of thioether (sulfide) groups is 1. The molecule has 0 radical (unpaired) electrons. The number of aromatic nitrogens is 2. The Morgan fingerprint density at radius 2 is 1.81 bits per heavy atom. The summed E-state index contributed by atoms with van der Waals surface area (Å²) in [5.41, 5.74) is 3.70. The number of carbonyl (C=O) groups is 2. The van der Waals surface area contributed by atoms with Crippen LogP contribution in [0.4, 0.5) is 5.69 Å². The fraction of sp³-hybridized carbons (Fsp3) is 0.261. The standard InChI is InChI=1S/C23H26N4O3S/c1-16-6-5-7-17(2)22(16)25-20(28)14-26(3)21(29)15-31-23-24-12-13-27(23)18-8-10-19(30-4)11-9-18/h5-13H,14-15H2,1-4H3,(H,25,28). The average Bonchev–Trinajstić information content (AvgIpc) is 3.23. The third kappa shape index (κ3) is 5.67. The van der Waals surface area contributed by atoms with Crippen molar-refractivity contribution in [3.63, 3.8) is 0 Å². The molecule has 0 bridgehead atoms. The highest BCUT2D eigenvalue weighted by atomic mass is 32.2. The molecule has 1 heterocycles. The molecular weight excluding hydrogens is 412 g/mol. The minimum Gasteiger partial charge on any atom is -0.497 e. The number of aryl methyl sites for hydroxylation is 2. The second-order valence-corrected chi connectivity index (χ2v) is 8.07. The van der Waals surface area contributed by atoms with Crippen molar-refractivity contribution in [2.45, 2.75) is 19.0 Å². The van der Waals surface area contributed by atoms with E-state index >= 15 is 0 Å². The minimum atomic E-state index is -0.224. The summed E-state index contributed by atoms with van der Waals surface area (Å²) in [4.78, 5) is 30.8. The van der Waals surface area contributed by atoms with Gasteiger partial charge < -0.3 is 15.0 Å². The van der Waals surface area contributed by atoms with Crippen LogP contribution >= 0.6 is 11.8 Å². The number of imidazole rings is 1. The summed E-state index contributed by atoms with van der Waals surface area (Å²) in [6.07, 6.45) is 3.54. The van der Waals surface area contributed by atoms with Crippen LogP contribution in [0.5, 0.6) is 5.75 Å². The van der Waals surface area contributed by atoms with Gasteiger partial charge in [0, 0.05) is 30.8 Å². The zero-order valence-corrected chi connectivity index (χ0v) is 18.9. The number of hydrogen-bond donors (Lipinski definition) is 1. The number of ether oxygens (including phenoxy) is 1. The molecule has 0 saturated heterocycles. The first kappa shape index (κ1) is 22.4. The first-order chi connectivity index (χ1) is 14.9. The molecule has 2 amide bonds. The monoisotopic (exact) mass is 438 g/mol. The van der Waals surface area contributed by atoms with E-state index in [2.05, 4.69) is 10.3 Å². The topological polar surface area (TPSA) is 76.5 Å². The van der Waals surface area contributed by atoms with Crippen LogP contribution in [-0.4, -0.2) is 52.7 Å². The molecule has 0 atom stereocenters. The van der Waals surface area contributed by atoms with Gasteiger partial charge in [-0.3, -0.25) is 14.2 Å². The Hall–Kier alpha value is -3.26. The van der Waals surface area contributed by atoms with Gasteiger partial charge in [-0.05, 0) is 49.2 Å². The van der Waals surface area contributed by atoms with Crippen LogP contribution < -0.4 is 10.1 Å². The van der Waals surface area contributed by atoms with E-state index in [0.29, 0.717) is 5.16 Å². The van der Waals surface area contributed by atoms with Crippen LogP contribution in [0.25, 0.3) is 5.69 Å². The Kier molecular flexibility index (Phi) is 7.36. The molecule has 0 unspecified atom stereocenters. The normalized spacial score (nSPS) is 10.6. The van der Waals surface area contributed by atoms with E-state index in [1.54, 1.807) is 20.4 Å². The van der Waals surface area contributed by atoms with Crippen LogP contribution in [0.3, 0.4) is 0 Å². The van der Waals surface area contributed by atoms with Crippen molar-refractivity contribution < 1.29 is 14.3 Å². The summed E-state index contributed by atoms with van der Waals surface area (Å²) >= 11 is 1.33. The number of likely N-dealkylation sites (N-methyl/N-ethyl adjacent to an activating group) is 1. The highest BCUT2D eigenvalue weighted by Crippen LogP contribution is 2.23. The first-order valence-electron chi connectivity index (χ1n) is 9.79. The number of carbonyl (C=O) groups excluding carboxylic acids is 2. The van der Waals surface area contributed by atoms with E-state index in [4.69, 9.17) is 4.74 Å². The molecule has 0 fully saturated rings. The molecule has 162 valence electrons. The zero-order valence-electron chi connectivity index (χ0n) is 18.1. The molecular formula is C23H26N4O3S. The molecule has 3 aromatic rings. The number of benzene rings is 2. The summed E-state index contributed by atoms with van der Waals surface area (Å²) in [5.74, 6) is 0.582. The molecule has 0 aliphatic heterocycles. The quantitative estimate of drug-likeness (QED) is 0.543. The van der Waals surface area contributed by atoms with E-state index < -0.39 is 0 Å². The molecule has 0 spiro atoms. The van der Waals surface area contributed by atoms with E-state index in [9.17, 15) is 9.59 Å². The number of nitrogens with zero attached hydrogens (tertiary/aromatic N) is 3. The summed E-state index contributed by atoms with van der Waals surface area (Å²) in [5, 5.41) is 3.61. The van der Waals surface area contributed by atoms with Gasteiger partial charge in [0.1, 0.15) is 5.75 Å². The van der Waals surface area contributed by atoms with E-state index in [1.165, 1.54) is 16.7 Å². The van der Waals surface area contributed by atoms with Crippen molar-refractivity contribution in [2.24, 2.45) is 0 Å². The number of nitrogens with one attached hydrogen (secondary N) is 1. The molecule has 1 aromatic heterocycles. The van der Waals surface area contributed by atoms with Crippen LogP contribution in [0, 0.1) is 13.8 Å². The number of para-hydroxylation sites is 1. The number of anilines is 1. The molecule has 31 heavy (non-hydrogen) atoms. The van der Waals surface area contributed by atoms with Crippen molar-refractivity contribution in [3.8, 4) is 11.4 Å². The van der Waals surface area contributed by atoms with Gasteiger partial charge in [-0.1, -0.05) is 30.0 Å². The highest BCUT2D eigenvalue weighted by molar-refractivity contribution is 7.99. The van der Waals surface area contributed by atoms with Gasteiger partial charge in [0.25, 0.3) is 0 Å². The second-order valence-electron chi connectivity index (χ2n) is 7.13. The van der Waals surface area contributed by atoms with Crippen molar-refractivity contribution >= 4 is 29.3 Å². The van der Waals surface area contributed by atoms with Crippen molar-refractivity contribution in [1.82, 2.24) is 14.5 Å². The van der Waals surface area contributed by atoms with Gasteiger partial charge in [-0.15, -0.1) is 0 Å². The molecule has 0 aliphatic carbocycles. The van der Waals surface area contributed by atoms with Crippen molar-refractivity contribution in [3.05, 3.63) is 66.0 Å². The molecule has 0 aliphatic rings. The minimum absolute atomic E-state index is 0.0138. The smallest absolute Gasteiger partial charge is 0.243 e. The Bertz CT molecular complexity index is 1040. The average molecular weight is 439 g/mol. The maximum atomic E-state index is 12.6. The molecule has 0 saturated carbocycles. The van der Waals surface area contributed by atoms with Gasteiger partial charge in [0.15, 0.2) is 5.16 Å². The Balaban J connectivity index is 1.56. The fourth-order valence-electron chi connectivity index (χ4n) is 3.07. The summed E-state index contributed by atoms with van der Waals surface area (Å²) < 4.78 is 7.10. The Morgan fingerprint density at radius 3 is 2.45 bits per heavy atom. The second kappa shape index (κ2) is 10.2. The predicted octanol–water partition coefficient (Wildman–Crippen LogP) is 3.69. The fourth-order valence-corrected chi connectivity index (χ4v) is 3.98. The van der Waals surface area contributed by atoms with Crippen LogP contribution in [-0.2, 0) is 9.59 Å². The van der Waals surface area contributed by atoms with Crippen LogP contribution in [0.2, 0.25) is 0 Å². The predicted molar refractivity (Wildman–Crippen MR) is 123 cm³/mol. The largest absolute Gasteiger partial charge is 0.497 e. The van der Waals surface area contributed by atoms with E-state index in [1.807, 2.05) is 67.1 Å². The SMILES string of the molecule is COc1ccc(-n2ccnc2SCC(=O)N(C)CC(=O)Nc2c(C)cccc2C)cc1. The molecule has 2 aromatic carbocycles. The van der Waals surface area contributed by atoms with Gasteiger partial charge >= 0.3 is 0 Å². The highest BCUT2D eigenvalue weighted by Gasteiger charge is 2.16. The zero-order chi connectivity index (χ0) is 22.4. The van der Waals surface area contributed by atoms with Gasteiger partial charge in [-0.25, -0.2) is 4.98 Å². The number of amides is 2. The summed E-state index contributed by atoms with van der Waals surface area (Å²) in [6.45, 7) is 3.87. The summed E-state index contributed by atoms with van der Waals surface area (Å²) in [6, 6.07) is 13.4. The number of hydrogen-bond acceptors (Lipinski definition) is 5. The molecule has 8 heteroatoms. The van der Waals surface area contributed by atoms with Crippen LogP contribution in [0.15, 0.2) is 60.0 Å². The third-order valence-corrected chi connectivity index (χ3v) is 5.79. The third-order valence-electron chi connectivity index (χ3n) is 4.83. The maximum Gasteiger partial charge on any atom is 0.243 e. The van der Waals surface area contributed by atoms with Crippen molar-refractivity contribution in [1.29, 1.82) is 0 Å². The number of methoxy groups -OCH3 is 1. The molecule has 3 rings (SSSR count). The molecule has 1 N–H and O–H groups in total. The Morgan fingerprint density at radius 1 is 1.13 bits per heavy atom. The summed E-state index contributed by atoms with van der Waals surface area (Å²) in [7, 11) is 3.25. The lowest BCUT2D eigenvalue weighted by atomic mass is 10.1. The molecule has 7 nitrogen and oxygen atoms in total. The van der Waals surface area contributed by atoms with E-state index in [-0.39, 0.29) is 24.1 Å². The lowest BCUT2D eigenvalue weighted by molar-refractivity contribution is -0.131. The van der Waals surface area contributed by atoms with E-state index in [0.717, 1.165) is 28.3 Å². The lowest BCUT2D eigenvalue weighted by Gasteiger charge is -2.18. The maximum absolute atomic E-state index is 12.6. The van der Waals surface area contributed by atoms with Crippen molar-refractivity contribution in [2.75, 3.05) is 31.8 Å². The van der Waals surface area contributed by atoms with Gasteiger partial charge in [-0.2, -0.15) is 0 Å². The first-order valence-corrected chi connectivity index (χ1v) is 10.8. The number of rotatable bonds is 8. The Labute approximate surface area is 186 Å². The van der Waals surface area contributed by atoms with Crippen LogP contribution in [0.1, 0.15) is 11.1 Å². The lowest BCUT2D eigenvalue weighted by Crippen LogP contribution is -2.36.